The Hall–Kier alpha value is -1.92. The van der Waals surface area contributed by atoms with Crippen LogP contribution >= 0.6 is 0 Å². The molecule has 0 N–H and O–H groups in total. The third-order valence-corrected chi connectivity index (χ3v) is 5.52. The van der Waals surface area contributed by atoms with Crippen LogP contribution in [0.15, 0.2) is 4.99 Å². The van der Waals surface area contributed by atoms with Gasteiger partial charge in [0.25, 0.3) is 5.91 Å². The van der Waals surface area contributed by atoms with Crippen LogP contribution in [0.4, 0.5) is 4.79 Å². The Morgan fingerprint density at radius 2 is 1.80 bits per heavy atom. The number of piperidine rings is 1. The highest BCUT2D eigenvalue weighted by atomic mass is 16.2. The van der Waals surface area contributed by atoms with Crippen LogP contribution in [0.2, 0.25) is 0 Å². The highest BCUT2D eigenvalue weighted by Crippen LogP contribution is 2.25. The summed E-state index contributed by atoms with van der Waals surface area (Å²) >= 11 is 0. The number of imide groups is 1. The lowest BCUT2D eigenvalue weighted by atomic mass is 10.0. The SMILES string of the molecule is CC(C)CCN1C(=[N+]2CCC(C)CC2)N=C2C1C(=O)N(C)C(=O)N2C. The standard InChI is InChI=1S/C18H30N5O2/c1-12(2)6-11-23-14-15(20(4)18(25)21(5)16(14)24)19-17(23)22-9-7-13(3)8-10-22/h12-14H,6-11H2,1-5H3/q+1. The summed E-state index contributed by atoms with van der Waals surface area (Å²) in [5.74, 6) is 2.55. The van der Waals surface area contributed by atoms with Gasteiger partial charge in [-0.25, -0.2) is 9.69 Å². The molecule has 0 aromatic carbocycles. The van der Waals surface area contributed by atoms with Crippen LogP contribution in [0, 0.1) is 11.8 Å². The number of urea groups is 1. The molecule has 0 radical (unpaired) electrons. The number of fused-ring (bicyclic) bond motifs is 1. The molecule has 7 heteroatoms. The van der Waals surface area contributed by atoms with Gasteiger partial charge >= 0.3 is 12.0 Å². The maximum absolute atomic E-state index is 12.8. The Bertz CT molecular complexity index is 629. The Morgan fingerprint density at radius 3 is 2.40 bits per heavy atom. The Kier molecular flexibility index (Phi) is 4.84. The average molecular weight is 348 g/mol. The molecule has 3 heterocycles. The molecule has 1 atom stereocenters. The topological polar surface area (TPSA) is 59.2 Å². The zero-order chi connectivity index (χ0) is 18.3. The maximum Gasteiger partial charge on any atom is 0.392 e. The second-order valence-corrected chi connectivity index (χ2v) is 7.96. The predicted octanol–water partition coefficient (Wildman–Crippen LogP) is 1.44. The molecule has 0 bridgehead atoms. The quantitative estimate of drug-likeness (QED) is 0.725. The smallest absolute Gasteiger partial charge is 0.270 e. The number of carbonyl (C=O) groups excluding carboxylic acids is 2. The van der Waals surface area contributed by atoms with Gasteiger partial charge in [0, 0.05) is 14.1 Å². The van der Waals surface area contributed by atoms with Crippen molar-refractivity contribution in [3.63, 3.8) is 0 Å². The summed E-state index contributed by atoms with van der Waals surface area (Å²) < 4.78 is 2.29. The van der Waals surface area contributed by atoms with Crippen molar-refractivity contribution in [2.45, 2.75) is 46.1 Å². The van der Waals surface area contributed by atoms with Crippen LogP contribution in [-0.2, 0) is 4.79 Å². The van der Waals surface area contributed by atoms with Crippen molar-refractivity contribution >= 4 is 23.7 Å². The number of likely N-dealkylation sites (N-methyl/N-ethyl adjacent to an activating group) is 2. The van der Waals surface area contributed by atoms with Crippen molar-refractivity contribution in [2.75, 3.05) is 33.7 Å². The van der Waals surface area contributed by atoms with Crippen molar-refractivity contribution in [3.05, 3.63) is 0 Å². The fraction of sp³-hybridized carbons (Fsp3) is 0.778. The van der Waals surface area contributed by atoms with Crippen LogP contribution in [0.25, 0.3) is 0 Å². The average Bonchev–Trinajstić information content (AvgIpc) is 2.96. The summed E-state index contributed by atoms with van der Waals surface area (Å²) in [5, 5.41) is 0. The minimum atomic E-state index is -0.471. The van der Waals surface area contributed by atoms with Gasteiger partial charge in [0.1, 0.15) is 0 Å². The van der Waals surface area contributed by atoms with Crippen molar-refractivity contribution in [2.24, 2.45) is 16.8 Å². The summed E-state index contributed by atoms with van der Waals surface area (Å²) in [6, 6.07) is -0.780. The van der Waals surface area contributed by atoms with Gasteiger partial charge in [0.2, 0.25) is 11.9 Å². The van der Waals surface area contributed by atoms with E-state index in [0.717, 1.165) is 50.8 Å². The molecule has 3 rings (SSSR count). The van der Waals surface area contributed by atoms with E-state index in [2.05, 4.69) is 30.2 Å². The van der Waals surface area contributed by atoms with Gasteiger partial charge < -0.3 is 0 Å². The van der Waals surface area contributed by atoms with Gasteiger partial charge in [-0.15, -0.1) is 0 Å². The van der Waals surface area contributed by atoms with E-state index in [1.807, 2.05) is 0 Å². The van der Waals surface area contributed by atoms with Gasteiger partial charge in [-0.3, -0.25) is 19.2 Å². The number of amidine groups is 1. The summed E-state index contributed by atoms with van der Waals surface area (Å²) in [6.07, 6.45) is 3.26. The molecule has 0 aromatic heterocycles. The molecule has 0 saturated carbocycles. The van der Waals surface area contributed by atoms with Crippen LogP contribution in [0.5, 0.6) is 0 Å². The van der Waals surface area contributed by atoms with Crippen molar-refractivity contribution in [3.8, 4) is 0 Å². The molecule has 3 aliphatic heterocycles. The van der Waals surface area contributed by atoms with Crippen LogP contribution < -0.4 is 0 Å². The van der Waals surface area contributed by atoms with E-state index in [9.17, 15) is 9.59 Å². The molecule has 3 aliphatic rings. The van der Waals surface area contributed by atoms with Crippen molar-refractivity contribution < 1.29 is 14.2 Å². The van der Waals surface area contributed by atoms with Crippen molar-refractivity contribution in [1.29, 1.82) is 0 Å². The number of rotatable bonds is 3. The van der Waals surface area contributed by atoms with Crippen LogP contribution in [0.3, 0.4) is 0 Å². The molecule has 0 aromatic rings. The van der Waals surface area contributed by atoms with E-state index in [1.54, 1.807) is 14.1 Å². The van der Waals surface area contributed by atoms with E-state index in [4.69, 9.17) is 4.99 Å². The molecule has 3 amide bonds. The zero-order valence-electron chi connectivity index (χ0n) is 16.0. The fourth-order valence-corrected chi connectivity index (χ4v) is 3.67. The number of amides is 3. The summed E-state index contributed by atoms with van der Waals surface area (Å²) in [6.45, 7) is 9.34. The normalized spacial score (nSPS) is 27.4. The lowest BCUT2D eigenvalue weighted by Gasteiger charge is -2.33. The highest BCUT2D eigenvalue weighted by Gasteiger charge is 2.55. The highest BCUT2D eigenvalue weighted by molar-refractivity contribution is 6.25. The predicted molar refractivity (Wildman–Crippen MR) is 96.7 cm³/mol. The first-order chi connectivity index (χ1) is 11.8. The van der Waals surface area contributed by atoms with E-state index >= 15 is 0 Å². The summed E-state index contributed by atoms with van der Waals surface area (Å²) in [7, 11) is 3.26. The molecular formula is C18H30N5O2+. The minimum Gasteiger partial charge on any atom is -0.270 e. The van der Waals surface area contributed by atoms with Gasteiger partial charge in [-0.1, -0.05) is 25.8 Å². The first-order valence-electron chi connectivity index (χ1n) is 9.33. The molecule has 2 fully saturated rings. The van der Waals surface area contributed by atoms with E-state index in [1.165, 1.54) is 9.80 Å². The van der Waals surface area contributed by atoms with Gasteiger partial charge in [-0.05, 0) is 31.1 Å². The first-order valence-corrected chi connectivity index (χ1v) is 9.33. The number of carbonyl (C=O) groups is 2. The summed E-state index contributed by atoms with van der Waals surface area (Å²) in [4.78, 5) is 34.7. The number of aliphatic imine (C=N–C) groups is 1. The molecule has 2 saturated heterocycles. The maximum atomic E-state index is 12.8. The second-order valence-electron chi connectivity index (χ2n) is 7.96. The van der Waals surface area contributed by atoms with Crippen molar-refractivity contribution in [1.82, 2.24) is 14.7 Å². The molecule has 138 valence electrons. The van der Waals surface area contributed by atoms with E-state index in [0.29, 0.717) is 11.8 Å². The lowest BCUT2D eigenvalue weighted by molar-refractivity contribution is -0.545. The number of hydrogen-bond donors (Lipinski definition) is 0. The number of hydrogen-bond acceptors (Lipinski definition) is 2. The lowest BCUT2D eigenvalue weighted by Crippen LogP contribution is -2.63. The Balaban J connectivity index is 1.98. The fourth-order valence-electron chi connectivity index (χ4n) is 3.67. The zero-order valence-corrected chi connectivity index (χ0v) is 16.0. The first kappa shape index (κ1) is 17.9. The monoisotopic (exact) mass is 348 g/mol. The largest absolute Gasteiger partial charge is 0.392 e. The number of guanidine groups is 1. The molecule has 7 nitrogen and oxygen atoms in total. The second kappa shape index (κ2) is 6.77. The van der Waals surface area contributed by atoms with E-state index in [-0.39, 0.29) is 11.9 Å². The summed E-state index contributed by atoms with van der Waals surface area (Å²) in [5.41, 5.74) is 0. The van der Waals surface area contributed by atoms with Gasteiger partial charge in [-0.2, -0.15) is 0 Å². The molecule has 25 heavy (non-hydrogen) atoms. The molecule has 0 spiro atoms. The van der Waals surface area contributed by atoms with Gasteiger partial charge in [0.05, 0.1) is 19.6 Å². The van der Waals surface area contributed by atoms with Crippen LogP contribution in [-0.4, -0.2) is 82.8 Å². The Labute approximate surface area is 150 Å². The molecule has 0 aliphatic carbocycles. The third-order valence-electron chi connectivity index (χ3n) is 5.52. The van der Waals surface area contributed by atoms with Gasteiger partial charge in [0.15, 0.2) is 0 Å². The Morgan fingerprint density at radius 1 is 1.16 bits per heavy atom. The van der Waals surface area contributed by atoms with Crippen LogP contribution in [0.1, 0.15) is 40.0 Å². The van der Waals surface area contributed by atoms with E-state index < -0.39 is 6.04 Å². The third kappa shape index (κ3) is 3.16. The molecular weight excluding hydrogens is 318 g/mol. The number of nitrogens with zero attached hydrogens (tertiary/aromatic N) is 5. The minimum absolute atomic E-state index is 0.175. The molecule has 1 unspecified atom stereocenters.